The average molecular weight is 207 g/mol. The highest BCUT2D eigenvalue weighted by Gasteiger charge is 2.12. The minimum atomic E-state index is -4.35. The summed E-state index contributed by atoms with van der Waals surface area (Å²) >= 11 is 0. The molecule has 0 saturated carbocycles. The van der Waals surface area contributed by atoms with Crippen molar-refractivity contribution in [2.45, 2.75) is 0 Å². The van der Waals surface area contributed by atoms with Crippen molar-refractivity contribution in [3.05, 3.63) is 0 Å². The molecular formula is C2H8ClN2O5P. The maximum absolute atomic E-state index is 10.1. The lowest BCUT2D eigenvalue weighted by Crippen LogP contribution is -2.29. The fourth-order valence-electron chi connectivity index (χ4n) is 0.214. The molecule has 0 aliphatic rings. The minimum absolute atomic E-state index is 0. The lowest BCUT2D eigenvalue weighted by Gasteiger charge is -2.02. The summed E-state index contributed by atoms with van der Waals surface area (Å²) in [7, 11) is -4.35. The van der Waals surface area contributed by atoms with Crippen LogP contribution in [0.1, 0.15) is 0 Å². The van der Waals surface area contributed by atoms with Crippen LogP contribution in [0, 0.1) is 0 Å². The van der Waals surface area contributed by atoms with Crippen LogP contribution in [-0.2, 0) is 9.36 Å². The Bertz CT molecular complexity index is 168. The lowest BCUT2D eigenvalue weighted by atomic mass is 10.7. The highest BCUT2D eigenvalue weighted by Crippen LogP contribution is 2.26. The van der Waals surface area contributed by atoms with Gasteiger partial charge < -0.3 is 9.79 Å². The first-order chi connectivity index (χ1) is 4.45. The largest absolute Gasteiger partial charge is 0.400 e. The topological polar surface area (TPSA) is 119 Å². The van der Waals surface area contributed by atoms with Crippen molar-refractivity contribution in [3.63, 3.8) is 0 Å². The Morgan fingerprint density at radius 2 is 1.91 bits per heavy atom. The summed E-state index contributed by atoms with van der Waals surface area (Å²) in [5.41, 5.74) is 1.19. The fourth-order valence-corrected chi connectivity index (χ4v) is 0.564. The summed E-state index contributed by atoms with van der Waals surface area (Å²) in [6, 6.07) is 0. The van der Waals surface area contributed by atoms with Gasteiger partial charge in [0.1, 0.15) is 0 Å². The lowest BCUT2D eigenvalue weighted by molar-refractivity contribution is -0.128. The number of rotatable bonds is 3. The van der Waals surface area contributed by atoms with Gasteiger partial charge in [0.15, 0.2) is 0 Å². The van der Waals surface area contributed by atoms with Crippen LogP contribution in [0.2, 0.25) is 0 Å². The first-order valence-corrected chi connectivity index (χ1v) is 3.80. The number of amides is 1. The first kappa shape index (κ1) is 13.4. The van der Waals surface area contributed by atoms with Crippen LogP contribution < -0.4 is 10.6 Å². The molecule has 0 heterocycles. The molecule has 0 rings (SSSR count). The highest BCUT2D eigenvalue weighted by molar-refractivity contribution is 7.49. The summed E-state index contributed by atoms with van der Waals surface area (Å²) in [6.07, 6.45) is 0. The Kier molecular flexibility index (Phi) is 6.68. The van der Waals surface area contributed by atoms with Gasteiger partial charge in [-0.2, -0.15) is 0 Å². The molecule has 0 fully saturated rings. The molecule has 0 bridgehead atoms. The van der Waals surface area contributed by atoms with Crippen molar-refractivity contribution < 1.29 is 24.4 Å². The smallest absolute Gasteiger partial charge is 0.313 e. The van der Waals surface area contributed by atoms with E-state index in [2.05, 4.69) is 0 Å². The van der Waals surface area contributed by atoms with Gasteiger partial charge in [-0.05, 0) is 0 Å². The molecule has 0 spiro atoms. The summed E-state index contributed by atoms with van der Waals surface area (Å²) < 4.78 is 9.97. The summed E-state index contributed by atoms with van der Waals surface area (Å²) in [5.74, 6) is -0.914. The molecule has 68 valence electrons. The van der Waals surface area contributed by atoms with Crippen LogP contribution >= 0.6 is 20.2 Å². The quantitative estimate of drug-likeness (QED) is 0.220. The van der Waals surface area contributed by atoms with Crippen LogP contribution in [0.3, 0.4) is 0 Å². The average Bonchev–Trinajstić information content (AvgIpc) is 1.81. The van der Waals surface area contributed by atoms with E-state index in [9.17, 15) is 9.36 Å². The van der Waals surface area contributed by atoms with Crippen molar-refractivity contribution in [1.82, 2.24) is 10.6 Å². The predicted molar refractivity (Wildman–Crippen MR) is 37.2 cm³/mol. The van der Waals surface area contributed by atoms with E-state index in [4.69, 9.17) is 15.0 Å². The zero-order valence-electron chi connectivity index (χ0n) is 5.22. The van der Waals surface area contributed by atoms with Crippen LogP contribution in [0.5, 0.6) is 0 Å². The molecule has 0 radical (unpaired) electrons. The maximum atomic E-state index is 10.1. The molecule has 7 nitrogen and oxygen atoms in total. The van der Waals surface area contributed by atoms with Gasteiger partial charge in [-0.25, -0.2) is 15.1 Å². The normalized spacial score (nSPS) is 10.1. The molecule has 0 aliphatic carbocycles. The van der Waals surface area contributed by atoms with E-state index in [1.54, 1.807) is 5.09 Å². The molecule has 0 aromatic rings. The summed E-state index contributed by atoms with van der Waals surface area (Å²) in [6.45, 7) is -0.624. The Labute approximate surface area is 68.4 Å². The van der Waals surface area contributed by atoms with E-state index >= 15 is 0 Å². The van der Waals surface area contributed by atoms with Crippen molar-refractivity contribution in [2.24, 2.45) is 0 Å². The van der Waals surface area contributed by atoms with Crippen molar-refractivity contribution >= 4 is 26.1 Å². The van der Waals surface area contributed by atoms with Gasteiger partial charge >= 0.3 is 7.75 Å². The number of hydrogen-bond acceptors (Lipinski definition) is 3. The number of carbonyl (C=O) groups is 1. The molecule has 0 saturated heterocycles. The van der Waals surface area contributed by atoms with Gasteiger partial charge in [-0.15, -0.1) is 12.4 Å². The molecule has 0 aromatic heterocycles. The number of hydroxylamine groups is 1. The molecule has 0 atom stereocenters. The molecule has 11 heavy (non-hydrogen) atoms. The zero-order chi connectivity index (χ0) is 8.20. The third-order valence-electron chi connectivity index (χ3n) is 0.570. The molecule has 9 heteroatoms. The summed E-state index contributed by atoms with van der Waals surface area (Å²) in [4.78, 5) is 26.3. The van der Waals surface area contributed by atoms with Crippen LogP contribution in [0.25, 0.3) is 0 Å². The third kappa shape index (κ3) is 9.83. The molecule has 5 N–H and O–H groups in total. The van der Waals surface area contributed by atoms with Crippen LogP contribution in [0.4, 0.5) is 0 Å². The van der Waals surface area contributed by atoms with E-state index in [0.29, 0.717) is 0 Å². The van der Waals surface area contributed by atoms with E-state index in [1.165, 1.54) is 5.48 Å². The second kappa shape index (κ2) is 5.48. The van der Waals surface area contributed by atoms with Crippen molar-refractivity contribution in [3.8, 4) is 0 Å². The number of hydrogen-bond donors (Lipinski definition) is 5. The standard InChI is InChI=1S/C2H7N2O5P.ClH/c5-2(4-6)1-3-10(7,8)9;/h6H,1H2,(H,4,5)(H3,3,7,8,9);1H. The Hall–Kier alpha value is -0.170. The van der Waals surface area contributed by atoms with Crippen molar-refractivity contribution in [2.75, 3.05) is 6.54 Å². The zero-order valence-corrected chi connectivity index (χ0v) is 6.93. The molecule has 0 aliphatic heterocycles. The monoisotopic (exact) mass is 206 g/mol. The van der Waals surface area contributed by atoms with Crippen LogP contribution in [-0.4, -0.2) is 27.4 Å². The molecule has 0 aromatic carbocycles. The van der Waals surface area contributed by atoms with E-state index in [1.807, 2.05) is 0 Å². The first-order valence-electron chi connectivity index (χ1n) is 2.19. The van der Waals surface area contributed by atoms with E-state index < -0.39 is 20.2 Å². The highest BCUT2D eigenvalue weighted by atomic mass is 35.5. The van der Waals surface area contributed by atoms with Gasteiger partial charge in [-0.3, -0.25) is 10.0 Å². The molecule has 1 amide bonds. The molecular weight excluding hydrogens is 198 g/mol. The Morgan fingerprint density at radius 3 is 2.18 bits per heavy atom. The van der Waals surface area contributed by atoms with E-state index in [-0.39, 0.29) is 12.4 Å². The van der Waals surface area contributed by atoms with Gasteiger partial charge in [0.25, 0.3) is 5.91 Å². The van der Waals surface area contributed by atoms with Gasteiger partial charge in [0.2, 0.25) is 0 Å². The van der Waals surface area contributed by atoms with Crippen molar-refractivity contribution in [1.29, 1.82) is 0 Å². The molecule has 0 unspecified atom stereocenters. The van der Waals surface area contributed by atoms with Gasteiger partial charge in [-0.1, -0.05) is 0 Å². The predicted octanol–water partition coefficient (Wildman–Crippen LogP) is -1.40. The van der Waals surface area contributed by atoms with Crippen LogP contribution in [0.15, 0.2) is 0 Å². The Morgan fingerprint density at radius 1 is 1.45 bits per heavy atom. The maximum Gasteiger partial charge on any atom is 0.400 e. The number of nitrogens with one attached hydrogen (secondary N) is 2. The number of carbonyl (C=O) groups excluding carboxylic acids is 1. The third-order valence-corrected chi connectivity index (χ3v) is 1.14. The second-order valence-electron chi connectivity index (χ2n) is 1.41. The second-order valence-corrected chi connectivity index (χ2v) is 2.82. The summed E-state index contributed by atoms with van der Waals surface area (Å²) in [5, 5.41) is 9.41. The SMILES string of the molecule is Cl.O=C(CNP(=O)(O)O)NO. The van der Waals surface area contributed by atoms with Gasteiger partial charge in [0, 0.05) is 0 Å². The fraction of sp³-hybridized carbons (Fsp3) is 0.500. The van der Waals surface area contributed by atoms with Gasteiger partial charge in [0.05, 0.1) is 6.54 Å². The van der Waals surface area contributed by atoms with E-state index in [0.717, 1.165) is 0 Å². The number of halogens is 1. The Balaban J connectivity index is 0. The minimum Gasteiger partial charge on any atom is -0.313 e.